The van der Waals surface area contributed by atoms with Crippen LogP contribution in [0.2, 0.25) is 0 Å². The standard InChI is InChI=1S/C15H19BrN2O2/c1-18(2)7-9-19-13-5-3-4-12(10-13)17-11-15-14(16)6-8-20-15/h3-6,8,10,17H,7,9,11H2,1-2H3. The van der Waals surface area contributed by atoms with Gasteiger partial charge in [-0.25, -0.2) is 0 Å². The van der Waals surface area contributed by atoms with Crippen molar-refractivity contribution in [3.05, 3.63) is 46.8 Å². The van der Waals surface area contributed by atoms with Crippen molar-refractivity contribution in [2.45, 2.75) is 6.54 Å². The molecule has 2 aromatic rings. The van der Waals surface area contributed by atoms with Crippen molar-refractivity contribution < 1.29 is 9.15 Å². The zero-order chi connectivity index (χ0) is 14.4. The van der Waals surface area contributed by atoms with E-state index in [1.54, 1.807) is 6.26 Å². The number of ether oxygens (including phenoxy) is 1. The molecule has 0 fully saturated rings. The predicted molar refractivity (Wildman–Crippen MR) is 84.2 cm³/mol. The van der Waals surface area contributed by atoms with Gasteiger partial charge in [-0.1, -0.05) is 6.07 Å². The van der Waals surface area contributed by atoms with Crippen LogP contribution in [0.5, 0.6) is 5.75 Å². The van der Waals surface area contributed by atoms with Gasteiger partial charge < -0.3 is 19.4 Å². The Balaban J connectivity index is 1.87. The van der Waals surface area contributed by atoms with Gasteiger partial charge in [0.15, 0.2) is 0 Å². The zero-order valence-electron chi connectivity index (χ0n) is 11.7. The molecule has 0 radical (unpaired) electrons. The Morgan fingerprint density at radius 3 is 2.85 bits per heavy atom. The first-order chi connectivity index (χ1) is 9.65. The minimum atomic E-state index is 0.634. The fourth-order valence-electron chi connectivity index (χ4n) is 1.68. The summed E-state index contributed by atoms with van der Waals surface area (Å²) in [5.74, 6) is 1.75. The van der Waals surface area contributed by atoms with E-state index in [0.29, 0.717) is 13.2 Å². The fraction of sp³-hybridized carbons (Fsp3) is 0.333. The summed E-state index contributed by atoms with van der Waals surface area (Å²) in [7, 11) is 4.06. The molecule has 0 unspecified atom stereocenters. The smallest absolute Gasteiger partial charge is 0.136 e. The van der Waals surface area contributed by atoms with Gasteiger partial charge in [-0.3, -0.25) is 0 Å². The summed E-state index contributed by atoms with van der Waals surface area (Å²) in [5.41, 5.74) is 1.01. The average Bonchev–Trinajstić information content (AvgIpc) is 2.82. The molecule has 0 saturated carbocycles. The Hall–Kier alpha value is -1.46. The van der Waals surface area contributed by atoms with Crippen molar-refractivity contribution in [1.82, 2.24) is 4.90 Å². The molecule has 1 aromatic heterocycles. The molecule has 0 aliphatic carbocycles. The second-order valence-electron chi connectivity index (χ2n) is 4.72. The molecule has 20 heavy (non-hydrogen) atoms. The van der Waals surface area contributed by atoms with Gasteiger partial charge in [0.1, 0.15) is 18.1 Å². The van der Waals surface area contributed by atoms with E-state index >= 15 is 0 Å². The van der Waals surface area contributed by atoms with Crippen molar-refractivity contribution in [3.8, 4) is 5.75 Å². The van der Waals surface area contributed by atoms with Crippen molar-refractivity contribution in [3.63, 3.8) is 0 Å². The molecular weight excluding hydrogens is 320 g/mol. The molecule has 0 amide bonds. The summed E-state index contributed by atoms with van der Waals surface area (Å²) in [6.07, 6.45) is 1.67. The van der Waals surface area contributed by atoms with Crippen molar-refractivity contribution in [2.24, 2.45) is 0 Å². The monoisotopic (exact) mass is 338 g/mol. The topological polar surface area (TPSA) is 37.6 Å². The first-order valence-corrected chi connectivity index (χ1v) is 7.28. The predicted octanol–water partition coefficient (Wildman–Crippen LogP) is 3.59. The van der Waals surface area contributed by atoms with Gasteiger partial charge in [-0.15, -0.1) is 0 Å². The van der Waals surface area contributed by atoms with Gasteiger partial charge in [-0.2, -0.15) is 0 Å². The Labute approximate surface area is 127 Å². The lowest BCUT2D eigenvalue weighted by Gasteiger charge is -2.12. The van der Waals surface area contributed by atoms with Gasteiger partial charge in [0.2, 0.25) is 0 Å². The molecule has 1 aromatic carbocycles. The van der Waals surface area contributed by atoms with Gasteiger partial charge in [0, 0.05) is 18.3 Å². The molecule has 0 aliphatic rings. The van der Waals surface area contributed by atoms with E-state index in [1.165, 1.54) is 0 Å². The second kappa shape index (κ2) is 7.36. The minimum absolute atomic E-state index is 0.634. The molecule has 1 heterocycles. The minimum Gasteiger partial charge on any atom is -0.492 e. The normalized spacial score (nSPS) is 10.8. The molecule has 4 nitrogen and oxygen atoms in total. The van der Waals surface area contributed by atoms with Crippen molar-refractivity contribution >= 4 is 21.6 Å². The van der Waals surface area contributed by atoms with Crippen LogP contribution >= 0.6 is 15.9 Å². The van der Waals surface area contributed by atoms with Crippen LogP contribution < -0.4 is 10.1 Å². The van der Waals surface area contributed by atoms with E-state index in [2.05, 4.69) is 26.1 Å². The summed E-state index contributed by atoms with van der Waals surface area (Å²) < 4.78 is 12.0. The number of nitrogens with one attached hydrogen (secondary N) is 1. The third-order valence-electron chi connectivity index (χ3n) is 2.79. The quantitative estimate of drug-likeness (QED) is 0.837. The fourth-order valence-corrected chi connectivity index (χ4v) is 2.02. The largest absolute Gasteiger partial charge is 0.492 e. The Morgan fingerprint density at radius 1 is 1.30 bits per heavy atom. The number of rotatable bonds is 7. The van der Waals surface area contributed by atoms with Gasteiger partial charge in [0.25, 0.3) is 0 Å². The molecule has 5 heteroatoms. The van der Waals surface area contributed by atoms with Crippen molar-refractivity contribution in [2.75, 3.05) is 32.6 Å². The molecule has 108 valence electrons. The van der Waals surface area contributed by atoms with Crippen molar-refractivity contribution in [1.29, 1.82) is 0 Å². The van der Waals surface area contributed by atoms with Crippen LogP contribution in [0.1, 0.15) is 5.76 Å². The lowest BCUT2D eigenvalue weighted by atomic mass is 10.3. The number of hydrogen-bond donors (Lipinski definition) is 1. The maximum atomic E-state index is 5.70. The summed E-state index contributed by atoms with van der Waals surface area (Å²) in [4.78, 5) is 2.09. The third kappa shape index (κ3) is 4.58. The molecule has 1 N–H and O–H groups in total. The highest BCUT2D eigenvalue weighted by Gasteiger charge is 2.03. The van der Waals surface area contributed by atoms with E-state index in [-0.39, 0.29) is 0 Å². The number of hydrogen-bond acceptors (Lipinski definition) is 4. The number of benzene rings is 1. The van der Waals surface area contributed by atoms with Crippen LogP contribution in [0, 0.1) is 0 Å². The van der Waals surface area contributed by atoms with Crippen LogP contribution in [0.3, 0.4) is 0 Å². The summed E-state index contributed by atoms with van der Waals surface area (Å²) in [5, 5.41) is 3.31. The van der Waals surface area contributed by atoms with Crippen LogP contribution in [0.4, 0.5) is 5.69 Å². The Kier molecular flexibility index (Phi) is 5.49. The highest BCUT2D eigenvalue weighted by Crippen LogP contribution is 2.21. The first kappa shape index (κ1) is 14.9. The van der Waals surface area contributed by atoms with E-state index in [0.717, 1.165) is 28.2 Å². The van der Waals surface area contributed by atoms with Crippen LogP contribution in [-0.2, 0) is 6.54 Å². The van der Waals surface area contributed by atoms with Gasteiger partial charge in [0.05, 0.1) is 17.3 Å². The zero-order valence-corrected chi connectivity index (χ0v) is 13.3. The number of likely N-dealkylation sites (N-methyl/N-ethyl adjacent to an activating group) is 1. The maximum Gasteiger partial charge on any atom is 0.136 e. The first-order valence-electron chi connectivity index (χ1n) is 6.48. The highest BCUT2D eigenvalue weighted by atomic mass is 79.9. The number of anilines is 1. The summed E-state index contributed by atoms with van der Waals surface area (Å²) in [6.45, 7) is 2.21. The second-order valence-corrected chi connectivity index (χ2v) is 5.58. The van der Waals surface area contributed by atoms with E-state index in [9.17, 15) is 0 Å². The molecule has 0 bridgehead atoms. The van der Waals surface area contributed by atoms with Gasteiger partial charge in [-0.05, 0) is 48.2 Å². The van der Waals surface area contributed by atoms with E-state index in [4.69, 9.17) is 9.15 Å². The molecule has 0 spiro atoms. The van der Waals surface area contributed by atoms with Crippen LogP contribution in [0.25, 0.3) is 0 Å². The number of nitrogens with zero attached hydrogens (tertiary/aromatic N) is 1. The SMILES string of the molecule is CN(C)CCOc1cccc(NCc2occc2Br)c1. The van der Waals surface area contributed by atoms with Crippen LogP contribution in [-0.4, -0.2) is 32.1 Å². The molecular formula is C15H19BrN2O2. The lowest BCUT2D eigenvalue weighted by Crippen LogP contribution is -2.19. The molecule has 0 saturated heterocycles. The number of halogens is 1. The van der Waals surface area contributed by atoms with Gasteiger partial charge >= 0.3 is 0 Å². The maximum absolute atomic E-state index is 5.70. The molecule has 2 rings (SSSR count). The Bertz CT molecular complexity index is 540. The summed E-state index contributed by atoms with van der Waals surface area (Å²) in [6, 6.07) is 9.83. The molecule has 0 atom stereocenters. The third-order valence-corrected chi connectivity index (χ3v) is 3.49. The van der Waals surface area contributed by atoms with E-state index < -0.39 is 0 Å². The average molecular weight is 339 g/mol. The summed E-state index contributed by atoms with van der Waals surface area (Å²) >= 11 is 3.44. The van der Waals surface area contributed by atoms with E-state index in [1.807, 2.05) is 44.4 Å². The Morgan fingerprint density at radius 2 is 2.15 bits per heavy atom. The molecule has 0 aliphatic heterocycles. The highest BCUT2D eigenvalue weighted by molar-refractivity contribution is 9.10. The number of furan rings is 1. The lowest BCUT2D eigenvalue weighted by molar-refractivity contribution is 0.261. The van der Waals surface area contributed by atoms with Crippen LogP contribution in [0.15, 0.2) is 45.5 Å².